The summed E-state index contributed by atoms with van der Waals surface area (Å²) in [5.41, 5.74) is 0. The van der Waals surface area contributed by atoms with Gasteiger partial charge in [0.2, 0.25) is 0 Å². The second kappa shape index (κ2) is 17.0. The number of nitrogens with one attached hydrogen (secondary N) is 2. The Morgan fingerprint density at radius 1 is 1.05 bits per heavy atom. The van der Waals surface area contributed by atoms with Crippen LogP contribution in [0.3, 0.4) is 0 Å². The molecule has 0 atom stereocenters. The SMILES string of the molecule is CCNC(=NCC(CC)CC)NCCOCCOC.I. The third-order valence-corrected chi connectivity index (χ3v) is 2.98. The number of aliphatic imine (C=N–C) groups is 1. The number of guanidine groups is 1. The Hall–Kier alpha value is -0.0800. The Bertz CT molecular complexity index is 224. The zero-order chi connectivity index (χ0) is 14.3. The molecule has 5 nitrogen and oxygen atoms in total. The van der Waals surface area contributed by atoms with Gasteiger partial charge in [0.15, 0.2) is 5.96 Å². The summed E-state index contributed by atoms with van der Waals surface area (Å²) in [6.45, 7) is 11.0. The van der Waals surface area contributed by atoms with E-state index in [1.165, 1.54) is 12.8 Å². The van der Waals surface area contributed by atoms with Crippen LogP contribution in [0, 0.1) is 5.92 Å². The number of hydrogen-bond acceptors (Lipinski definition) is 3. The molecule has 0 heterocycles. The van der Waals surface area contributed by atoms with Crippen molar-refractivity contribution in [3.8, 4) is 0 Å². The lowest BCUT2D eigenvalue weighted by Gasteiger charge is -2.14. The predicted octanol–water partition coefficient (Wildman–Crippen LogP) is 2.26. The number of rotatable bonds is 11. The molecule has 0 bridgehead atoms. The summed E-state index contributed by atoms with van der Waals surface area (Å²) in [6, 6.07) is 0. The lowest BCUT2D eigenvalue weighted by atomic mass is 10.0. The molecule has 0 saturated heterocycles. The van der Waals surface area contributed by atoms with E-state index in [4.69, 9.17) is 9.47 Å². The van der Waals surface area contributed by atoms with Crippen molar-refractivity contribution in [2.45, 2.75) is 33.6 Å². The van der Waals surface area contributed by atoms with E-state index in [9.17, 15) is 0 Å². The number of methoxy groups -OCH3 is 1. The predicted molar refractivity (Wildman–Crippen MR) is 96.2 cm³/mol. The first-order valence-corrected chi connectivity index (χ1v) is 7.37. The molecule has 0 spiro atoms. The molecule has 0 aromatic heterocycles. The molecular formula is C14H32IN3O2. The molecule has 0 unspecified atom stereocenters. The van der Waals surface area contributed by atoms with Gasteiger partial charge in [-0.3, -0.25) is 4.99 Å². The first kappa shape index (κ1) is 22.2. The molecule has 0 fully saturated rings. The highest BCUT2D eigenvalue weighted by Gasteiger charge is 2.03. The standard InChI is InChI=1S/C14H31N3O2.HI/c1-5-13(6-2)12-17-14(15-7-3)16-8-9-19-11-10-18-4;/h13H,5-12H2,1-4H3,(H2,15,16,17);1H. The van der Waals surface area contributed by atoms with Crippen LogP contribution in [-0.2, 0) is 9.47 Å². The van der Waals surface area contributed by atoms with Gasteiger partial charge >= 0.3 is 0 Å². The average molecular weight is 401 g/mol. The molecule has 2 N–H and O–H groups in total. The van der Waals surface area contributed by atoms with Crippen LogP contribution >= 0.6 is 24.0 Å². The van der Waals surface area contributed by atoms with Gasteiger partial charge in [-0.25, -0.2) is 0 Å². The Morgan fingerprint density at radius 2 is 1.75 bits per heavy atom. The molecule has 0 aromatic rings. The fraction of sp³-hybridized carbons (Fsp3) is 0.929. The fourth-order valence-corrected chi connectivity index (χ4v) is 1.59. The summed E-state index contributed by atoms with van der Waals surface area (Å²) in [7, 11) is 1.68. The van der Waals surface area contributed by atoms with E-state index < -0.39 is 0 Å². The van der Waals surface area contributed by atoms with E-state index in [0.29, 0.717) is 25.7 Å². The van der Waals surface area contributed by atoms with Crippen LogP contribution in [0.2, 0.25) is 0 Å². The second-order valence-corrected chi connectivity index (χ2v) is 4.43. The summed E-state index contributed by atoms with van der Waals surface area (Å²) in [4.78, 5) is 4.60. The molecule has 0 aromatic carbocycles. The van der Waals surface area contributed by atoms with Crippen LogP contribution in [0.15, 0.2) is 4.99 Å². The number of halogens is 1. The van der Waals surface area contributed by atoms with Gasteiger partial charge in [-0.1, -0.05) is 26.7 Å². The number of nitrogens with zero attached hydrogens (tertiary/aromatic N) is 1. The van der Waals surface area contributed by atoms with Crippen molar-refractivity contribution in [3.63, 3.8) is 0 Å². The van der Waals surface area contributed by atoms with Crippen LogP contribution in [0.1, 0.15) is 33.6 Å². The average Bonchev–Trinajstić information content (AvgIpc) is 2.43. The number of ether oxygens (including phenoxy) is 2. The first-order chi connectivity index (χ1) is 9.28. The van der Waals surface area contributed by atoms with Crippen LogP contribution < -0.4 is 10.6 Å². The van der Waals surface area contributed by atoms with Gasteiger partial charge in [0.25, 0.3) is 0 Å². The van der Waals surface area contributed by atoms with Crippen LogP contribution in [-0.4, -0.2) is 52.5 Å². The molecule has 6 heteroatoms. The van der Waals surface area contributed by atoms with Crippen molar-refractivity contribution in [1.29, 1.82) is 0 Å². The van der Waals surface area contributed by atoms with Crippen molar-refractivity contribution < 1.29 is 9.47 Å². The van der Waals surface area contributed by atoms with E-state index in [0.717, 1.165) is 25.6 Å². The van der Waals surface area contributed by atoms with Crippen LogP contribution in [0.5, 0.6) is 0 Å². The van der Waals surface area contributed by atoms with Crippen molar-refractivity contribution in [2.24, 2.45) is 10.9 Å². The van der Waals surface area contributed by atoms with Gasteiger partial charge in [-0.05, 0) is 12.8 Å². The van der Waals surface area contributed by atoms with Gasteiger partial charge in [0, 0.05) is 26.7 Å². The molecule has 0 aliphatic heterocycles. The minimum atomic E-state index is 0. The zero-order valence-corrected chi connectivity index (χ0v) is 15.7. The highest BCUT2D eigenvalue weighted by atomic mass is 127. The van der Waals surface area contributed by atoms with Gasteiger partial charge in [0.1, 0.15) is 0 Å². The molecule has 0 saturated carbocycles. The summed E-state index contributed by atoms with van der Waals surface area (Å²) >= 11 is 0. The highest BCUT2D eigenvalue weighted by Crippen LogP contribution is 2.06. The molecule has 0 radical (unpaired) electrons. The summed E-state index contributed by atoms with van der Waals surface area (Å²) in [6.07, 6.45) is 2.36. The van der Waals surface area contributed by atoms with E-state index in [2.05, 4.69) is 36.4 Å². The fourth-order valence-electron chi connectivity index (χ4n) is 1.59. The van der Waals surface area contributed by atoms with Crippen molar-refractivity contribution >= 4 is 29.9 Å². The van der Waals surface area contributed by atoms with E-state index >= 15 is 0 Å². The van der Waals surface area contributed by atoms with E-state index in [-0.39, 0.29) is 24.0 Å². The van der Waals surface area contributed by atoms with Crippen molar-refractivity contribution in [3.05, 3.63) is 0 Å². The van der Waals surface area contributed by atoms with E-state index in [1.54, 1.807) is 7.11 Å². The topological polar surface area (TPSA) is 54.9 Å². The summed E-state index contributed by atoms with van der Waals surface area (Å²) in [5, 5.41) is 6.52. The van der Waals surface area contributed by atoms with Crippen LogP contribution in [0.25, 0.3) is 0 Å². The maximum absolute atomic E-state index is 5.40. The molecule has 122 valence electrons. The van der Waals surface area contributed by atoms with Gasteiger partial charge < -0.3 is 20.1 Å². The maximum atomic E-state index is 5.40. The normalized spacial score (nSPS) is 11.3. The van der Waals surface area contributed by atoms with Crippen LogP contribution in [0.4, 0.5) is 0 Å². The summed E-state index contributed by atoms with van der Waals surface area (Å²) in [5.74, 6) is 1.55. The van der Waals surface area contributed by atoms with Gasteiger partial charge in [-0.2, -0.15) is 0 Å². The summed E-state index contributed by atoms with van der Waals surface area (Å²) < 4.78 is 10.3. The third-order valence-electron chi connectivity index (χ3n) is 2.98. The Labute approximate surface area is 141 Å². The monoisotopic (exact) mass is 401 g/mol. The third kappa shape index (κ3) is 12.9. The minimum Gasteiger partial charge on any atom is -0.382 e. The van der Waals surface area contributed by atoms with E-state index in [1.807, 2.05) is 0 Å². The maximum Gasteiger partial charge on any atom is 0.191 e. The Kier molecular flexibility index (Phi) is 18.8. The largest absolute Gasteiger partial charge is 0.382 e. The molecule has 0 aliphatic rings. The second-order valence-electron chi connectivity index (χ2n) is 4.43. The molecule has 0 rings (SSSR count). The highest BCUT2D eigenvalue weighted by molar-refractivity contribution is 14.0. The molecular weight excluding hydrogens is 369 g/mol. The molecule has 0 amide bonds. The Balaban J connectivity index is 0. The molecule has 0 aliphatic carbocycles. The minimum absolute atomic E-state index is 0. The first-order valence-electron chi connectivity index (χ1n) is 7.37. The van der Waals surface area contributed by atoms with Gasteiger partial charge in [0.05, 0.1) is 19.8 Å². The van der Waals surface area contributed by atoms with Crippen molar-refractivity contribution in [2.75, 3.05) is 46.6 Å². The van der Waals surface area contributed by atoms with Gasteiger partial charge in [-0.15, -0.1) is 24.0 Å². The smallest absolute Gasteiger partial charge is 0.191 e. The molecule has 20 heavy (non-hydrogen) atoms. The Morgan fingerprint density at radius 3 is 2.30 bits per heavy atom. The quantitative estimate of drug-likeness (QED) is 0.241. The zero-order valence-electron chi connectivity index (χ0n) is 13.4. The van der Waals surface area contributed by atoms with Crippen molar-refractivity contribution in [1.82, 2.24) is 10.6 Å². The number of hydrogen-bond donors (Lipinski definition) is 2. The lowest BCUT2D eigenvalue weighted by molar-refractivity contribution is 0.0733. The lowest BCUT2D eigenvalue weighted by Crippen LogP contribution is -2.39.